The SMILES string of the molecule is CN(CC(=O)Nc1ccc(F)c(F)c1F)Cc1ccc(C(=O)Nc2ccccc2)cc1. The molecule has 3 aromatic rings. The first-order valence-corrected chi connectivity index (χ1v) is 9.40. The quantitative estimate of drug-likeness (QED) is 0.549. The molecule has 5 nitrogen and oxygen atoms in total. The summed E-state index contributed by atoms with van der Waals surface area (Å²) in [6, 6.07) is 17.7. The van der Waals surface area contributed by atoms with E-state index in [2.05, 4.69) is 10.6 Å². The van der Waals surface area contributed by atoms with Crippen LogP contribution in [0.2, 0.25) is 0 Å². The molecule has 0 aliphatic carbocycles. The second-order valence-corrected chi connectivity index (χ2v) is 6.96. The highest BCUT2D eigenvalue weighted by molar-refractivity contribution is 6.04. The fraction of sp³-hybridized carbons (Fsp3) is 0.130. The van der Waals surface area contributed by atoms with Crippen molar-refractivity contribution in [1.82, 2.24) is 4.90 Å². The Morgan fingerprint density at radius 3 is 2.19 bits per heavy atom. The number of carbonyl (C=O) groups excluding carboxylic acids is 2. The lowest BCUT2D eigenvalue weighted by Crippen LogP contribution is -2.30. The van der Waals surface area contributed by atoms with Crippen molar-refractivity contribution in [3.05, 3.63) is 95.3 Å². The van der Waals surface area contributed by atoms with Crippen LogP contribution in [0, 0.1) is 17.5 Å². The molecular formula is C23H20F3N3O2. The van der Waals surface area contributed by atoms with E-state index in [0.29, 0.717) is 17.8 Å². The monoisotopic (exact) mass is 427 g/mol. The summed E-state index contributed by atoms with van der Waals surface area (Å²) in [7, 11) is 1.68. The Hall–Kier alpha value is -3.65. The van der Waals surface area contributed by atoms with Crippen LogP contribution in [0.3, 0.4) is 0 Å². The van der Waals surface area contributed by atoms with Gasteiger partial charge in [-0.1, -0.05) is 30.3 Å². The van der Waals surface area contributed by atoms with Crippen LogP contribution in [0.5, 0.6) is 0 Å². The van der Waals surface area contributed by atoms with Crippen molar-refractivity contribution in [2.45, 2.75) is 6.54 Å². The average molecular weight is 427 g/mol. The number of carbonyl (C=O) groups is 2. The third-order valence-electron chi connectivity index (χ3n) is 4.42. The van der Waals surface area contributed by atoms with Crippen molar-refractivity contribution in [1.29, 1.82) is 0 Å². The second-order valence-electron chi connectivity index (χ2n) is 6.96. The summed E-state index contributed by atoms with van der Waals surface area (Å²) >= 11 is 0. The van der Waals surface area contributed by atoms with E-state index >= 15 is 0 Å². The molecule has 0 spiro atoms. The van der Waals surface area contributed by atoms with Gasteiger partial charge in [0.2, 0.25) is 5.91 Å². The van der Waals surface area contributed by atoms with Gasteiger partial charge in [0.1, 0.15) is 0 Å². The molecule has 0 saturated carbocycles. The molecule has 0 unspecified atom stereocenters. The zero-order valence-electron chi connectivity index (χ0n) is 16.7. The van der Waals surface area contributed by atoms with E-state index in [9.17, 15) is 22.8 Å². The van der Waals surface area contributed by atoms with Crippen LogP contribution in [0.15, 0.2) is 66.7 Å². The van der Waals surface area contributed by atoms with Gasteiger partial charge >= 0.3 is 0 Å². The van der Waals surface area contributed by atoms with Gasteiger partial charge in [-0.15, -0.1) is 0 Å². The molecule has 31 heavy (non-hydrogen) atoms. The maximum atomic E-state index is 13.7. The molecule has 3 aromatic carbocycles. The summed E-state index contributed by atoms with van der Waals surface area (Å²) in [5, 5.41) is 5.02. The number of hydrogen-bond donors (Lipinski definition) is 2. The van der Waals surface area contributed by atoms with Crippen LogP contribution in [-0.4, -0.2) is 30.3 Å². The van der Waals surface area contributed by atoms with Gasteiger partial charge in [-0.3, -0.25) is 14.5 Å². The van der Waals surface area contributed by atoms with E-state index in [1.165, 1.54) is 0 Å². The Morgan fingerprint density at radius 1 is 0.839 bits per heavy atom. The summed E-state index contributed by atoms with van der Waals surface area (Å²) in [5.41, 5.74) is 1.61. The normalized spacial score (nSPS) is 10.7. The molecule has 0 radical (unpaired) electrons. The largest absolute Gasteiger partial charge is 0.322 e. The number of nitrogens with zero attached hydrogens (tertiary/aromatic N) is 1. The van der Waals surface area contributed by atoms with Crippen molar-refractivity contribution in [3.8, 4) is 0 Å². The van der Waals surface area contributed by atoms with E-state index in [1.54, 1.807) is 48.3 Å². The number of rotatable bonds is 7. The molecule has 160 valence electrons. The fourth-order valence-electron chi connectivity index (χ4n) is 2.91. The lowest BCUT2D eigenvalue weighted by atomic mass is 10.1. The van der Waals surface area contributed by atoms with Gasteiger partial charge in [0.05, 0.1) is 12.2 Å². The molecule has 8 heteroatoms. The molecule has 0 aliphatic rings. The summed E-state index contributed by atoms with van der Waals surface area (Å²) < 4.78 is 39.9. The van der Waals surface area contributed by atoms with E-state index in [0.717, 1.165) is 17.7 Å². The Kier molecular flexibility index (Phi) is 7.04. The highest BCUT2D eigenvalue weighted by Gasteiger charge is 2.16. The van der Waals surface area contributed by atoms with Gasteiger partial charge in [-0.2, -0.15) is 0 Å². The third kappa shape index (κ3) is 5.93. The number of hydrogen-bond acceptors (Lipinski definition) is 3. The first-order valence-electron chi connectivity index (χ1n) is 9.40. The van der Waals surface area contributed by atoms with Crippen LogP contribution in [0.4, 0.5) is 24.5 Å². The standard InChI is InChI=1S/C23H20F3N3O2/c1-29(14-20(30)28-19-12-11-18(24)21(25)22(19)26)13-15-7-9-16(10-8-15)23(31)27-17-5-3-2-4-6-17/h2-12H,13-14H2,1H3,(H,27,31)(H,28,30). The molecular weight excluding hydrogens is 407 g/mol. The molecule has 0 aliphatic heterocycles. The van der Waals surface area contributed by atoms with E-state index in [4.69, 9.17) is 0 Å². The first kappa shape index (κ1) is 22.0. The number of amides is 2. The lowest BCUT2D eigenvalue weighted by Gasteiger charge is -2.17. The van der Waals surface area contributed by atoms with E-state index in [1.807, 2.05) is 18.2 Å². The maximum absolute atomic E-state index is 13.7. The van der Waals surface area contributed by atoms with Crippen molar-refractivity contribution < 1.29 is 22.8 Å². The average Bonchev–Trinajstić information content (AvgIpc) is 2.75. The van der Waals surface area contributed by atoms with Gasteiger partial charge in [-0.05, 0) is 49.0 Å². The molecule has 0 bridgehead atoms. The molecule has 0 fully saturated rings. The minimum absolute atomic E-state index is 0.102. The Morgan fingerprint density at radius 2 is 1.52 bits per heavy atom. The van der Waals surface area contributed by atoms with Crippen molar-refractivity contribution in [2.24, 2.45) is 0 Å². The molecule has 0 heterocycles. The van der Waals surface area contributed by atoms with Crippen LogP contribution < -0.4 is 10.6 Å². The summed E-state index contributed by atoms with van der Waals surface area (Å²) in [5.74, 6) is -5.22. The van der Waals surface area contributed by atoms with Gasteiger partial charge in [0, 0.05) is 17.8 Å². The second kappa shape index (κ2) is 9.90. The number of nitrogens with one attached hydrogen (secondary N) is 2. The highest BCUT2D eigenvalue weighted by atomic mass is 19.2. The van der Waals surface area contributed by atoms with E-state index < -0.39 is 29.0 Å². The number of anilines is 2. The summed E-state index contributed by atoms with van der Waals surface area (Å²) in [6.45, 7) is 0.281. The Balaban J connectivity index is 1.53. The summed E-state index contributed by atoms with van der Waals surface area (Å²) in [6.07, 6.45) is 0. The summed E-state index contributed by atoms with van der Waals surface area (Å²) in [4.78, 5) is 26.0. The van der Waals surface area contributed by atoms with Crippen molar-refractivity contribution in [2.75, 3.05) is 24.2 Å². The number of para-hydroxylation sites is 1. The third-order valence-corrected chi connectivity index (χ3v) is 4.42. The van der Waals surface area contributed by atoms with Crippen LogP contribution >= 0.6 is 0 Å². The molecule has 2 N–H and O–H groups in total. The number of halogens is 3. The molecule has 0 saturated heterocycles. The van der Waals surface area contributed by atoms with Crippen LogP contribution in [0.25, 0.3) is 0 Å². The number of likely N-dealkylation sites (N-methyl/N-ethyl adjacent to an activating group) is 1. The zero-order valence-corrected chi connectivity index (χ0v) is 16.7. The van der Waals surface area contributed by atoms with E-state index in [-0.39, 0.29) is 12.5 Å². The number of benzene rings is 3. The minimum Gasteiger partial charge on any atom is -0.322 e. The smallest absolute Gasteiger partial charge is 0.255 e. The predicted octanol–water partition coefficient (Wildman–Crippen LogP) is 4.43. The van der Waals surface area contributed by atoms with Crippen LogP contribution in [0.1, 0.15) is 15.9 Å². The Bertz CT molecular complexity index is 1070. The zero-order chi connectivity index (χ0) is 22.4. The fourth-order valence-corrected chi connectivity index (χ4v) is 2.91. The van der Waals surface area contributed by atoms with Crippen molar-refractivity contribution in [3.63, 3.8) is 0 Å². The van der Waals surface area contributed by atoms with Crippen molar-refractivity contribution >= 4 is 23.2 Å². The molecule has 3 rings (SSSR count). The topological polar surface area (TPSA) is 61.4 Å². The highest BCUT2D eigenvalue weighted by Crippen LogP contribution is 2.19. The molecule has 0 atom stereocenters. The van der Waals surface area contributed by atoms with Gasteiger partial charge in [0.15, 0.2) is 17.5 Å². The molecule has 0 aromatic heterocycles. The Labute approximate surface area is 177 Å². The predicted molar refractivity (Wildman–Crippen MR) is 112 cm³/mol. The lowest BCUT2D eigenvalue weighted by molar-refractivity contribution is -0.117. The first-order chi connectivity index (χ1) is 14.8. The minimum atomic E-state index is -1.64. The molecule has 2 amide bonds. The van der Waals surface area contributed by atoms with Gasteiger partial charge in [-0.25, -0.2) is 13.2 Å². The maximum Gasteiger partial charge on any atom is 0.255 e. The van der Waals surface area contributed by atoms with Crippen LogP contribution in [-0.2, 0) is 11.3 Å². The van der Waals surface area contributed by atoms with Gasteiger partial charge in [0.25, 0.3) is 5.91 Å². The van der Waals surface area contributed by atoms with Gasteiger partial charge < -0.3 is 10.6 Å².